The summed E-state index contributed by atoms with van der Waals surface area (Å²) < 4.78 is 0. The lowest BCUT2D eigenvalue weighted by Crippen LogP contribution is -2.36. The van der Waals surface area contributed by atoms with E-state index in [0.29, 0.717) is 12.3 Å². The third kappa shape index (κ3) is 4.28. The van der Waals surface area contributed by atoms with E-state index < -0.39 is 0 Å². The molecule has 4 heteroatoms. The molecule has 0 spiro atoms. The van der Waals surface area contributed by atoms with Gasteiger partial charge in [0.25, 0.3) is 0 Å². The first-order valence-electron chi connectivity index (χ1n) is 7.01. The summed E-state index contributed by atoms with van der Waals surface area (Å²) in [7, 11) is 0. The summed E-state index contributed by atoms with van der Waals surface area (Å²) in [4.78, 5) is 14.2. The molecule has 98 valence electrons. The van der Waals surface area contributed by atoms with Gasteiger partial charge >= 0.3 is 0 Å². The van der Waals surface area contributed by atoms with E-state index in [1.165, 1.54) is 12.8 Å². The second-order valence-corrected chi connectivity index (χ2v) is 5.27. The van der Waals surface area contributed by atoms with Gasteiger partial charge in [0.2, 0.25) is 5.91 Å². The summed E-state index contributed by atoms with van der Waals surface area (Å²) in [5, 5.41) is 6.34. The molecule has 1 saturated carbocycles. The van der Waals surface area contributed by atoms with Crippen molar-refractivity contribution in [3.8, 4) is 0 Å². The van der Waals surface area contributed by atoms with Crippen LogP contribution in [0.4, 0.5) is 0 Å². The molecule has 2 fully saturated rings. The van der Waals surface area contributed by atoms with Crippen molar-refractivity contribution in [2.45, 2.75) is 38.6 Å². The van der Waals surface area contributed by atoms with E-state index >= 15 is 0 Å². The van der Waals surface area contributed by atoms with Gasteiger partial charge in [0, 0.05) is 25.6 Å². The van der Waals surface area contributed by atoms with Crippen molar-refractivity contribution in [1.82, 2.24) is 15.5 Å². The van der Waals surface area contributed by atoms with E-state index in [-0.39, 0.29) is 5.91 Å². The second kappa shape index (κ2) is 6.36. The number of likely N-dealkylation sites (N-methyl/N-ethyl adjacent to an activating group) is 1. The van der Waals surface area contributed by atoms with Crippen molar-refractivity contribution in [3.05, 3.63) is 0 Å². The van der Waals surface area contributed by atoms with Crippen molar-refractivity contribution < 1.29 is 4.79 Å². The zero-order chi connectivity index (χ0) is 12.1. The summed E-state index contributed by atoms with van der Waals surface area (Å²) in [5.74, 6) is 0.784. The van der Waals surface area contributed by atoms with E-state index in [0.717, 1.165) is 45.2 Å². The Kier molecular flexibility index (Phi) is 4.80. The normalized spacial score (nSPS) is 24.2. The fourth-order valence-corrected chi connectivity index (χ4v) is 2.60. The van der Waals surface area contributed by atoms with Crippen LogP contribution >= 0.6 is 0 Å². The van der Waals surface area contributed by atoms with E-state index in [2.05, 4.69) is 22.5 Å². The van der Waals surface area contributed by atoms with Crippen LogP contribution in [0.15, 0.2) is 0 Å². The van der Waals surface area contributed by atoms with Crippen LogP contribution in [0, 0.1) is 5.92 Å². The Bertz CT molecular complexity index is 247. The maximum atomic E-state index is 11.7. The Morgan fingerprint density at radius 1 is 1.41 bits per heavy atom. The van der Waals surface area contributed by atoms with Gasteiger partial charge in [0.05, 0.1) is 0 Å². The fraction of sp³-hybridized carbons (Fsp3) is 0.923. The minimum atomic E-state index is 0.227. The summed E-state index contributed by atoms with van der Waals surface area (Å²) >= 11 is 0. The zero-order valence-electron chi connectivity index (χ0n) is 10.9. The highest BCUT2D eigenvalue weighted by Crippen LogP contribution is 2.25. The number of rotatable bonds is 7. The van der Waals surface area contributed by atoms with Crippen LogP contribution in [0.25, 0.3) is 0 Å². The van der Waals surface area contributed by atoms with Gasteiger partial charge in [-0.2, -0.15) is 0 Å². The molecule has 0 bridgehead atoms. The van der Waals surface area contributed by atoms with Crippen molar-refractivity contribution >= 4 is 5.91 Å². The molecule has 1 amide bonds. The van der Waals surface area contributed by atoms with Crippen LogP contribution in [0.3, 0.4) is 0 Å². The highest BCUT2D eigenvalue weighted by Gasteiger charge is 2.27. The summed E-state index contributed by atoms with van der Waals surface area (Å²) in [6.45, 7) is 7.20. The van der Waals surface area contributed by atoms with Gasteiger partial charge < -0.3 is 10.6 Å². The molecule has 0 aromatic heterocycles. The molecule has 1 atom stereocenters. The lowest BCUT2D eigenvalue weighted by molar-refractivity contribution is -0.121. The van der Waals surface area contributed by atoms with E-state index in [9.17, 15) is 4.79 Å². The van der Waals surface area contributed by atoms with Gasteiger partial charge in [-0.15, -0.1) is 0 Å². The lowest BCUT2D eigenvalue weighted by atomic mass is 10.0. The highest BCUT2D eigenvalue weighted by atomic mass is 16.1. The van der Waals surface area contributed by atoms with Crippen LogP contribution in [-0.4, -0.2) is 49.6 Å². The van der Waals surface area contributed by atoms with Crippen molar-refractivity contribution in [2.24, 2.45) is 5.92 Å². The maximum absolute atomic E-state index is 11.7. The number of nitrogens with one attached hydrogen (secondary N) is 2. The number of hydrogen-bond acceptors (Lipinski definition) is 3. The van der Waals surface area contributed by atoms with Crippen molar-refractivity contribution in [3.63, 3.8) is 0 Å². The molecule has 2 aliphatic rings. The number of hydrogen-bond donors (Lipinski definition) is 2. The van der Waals surface area contributed by atoms with Gasteiger partial charge in [-0.3, -0.25) is 9.69 Å². The molecular weight excluding hydrogens is 214 g/mol. The molecule has 1 aliphatic carbocycles. The fourth-order valence-electron chi connectivity index (χ4n) is 2.60. The highest BCUT2D eigenvalue weighted by molar-refractivity contribution is 5.76. The third-order valence-corrected chi connectivity index (χ3v) is 3.83. The van der Waals surface area contributed by atoms with Gasteiger partial charge in [-0.25, -0.2) is 0 Å². The molecule has 2 N–H and O–H groups in total. The van der Waals surface area contributed by atoms with Crippen molar-refractivity contribution in [1.29, 1.82) is 0 Å². The minimum absolute atomic E-state index is 0.227. The molecule has 1 aliphatic heterocycles. The number of nitrogens with zero attached hydrogens (tertiary/aromatic N) is 1. The summed E-state index contributed by atoms with van der Waals surface area (Å²) in [6.07, 6.45) is 4.53. The van der Waals surface area contributed by atoms with E-state index in [4.69, 9.17) is 0 Å². The van der Waals surface area contributed by atoms with Crippen LogP contribution < -0.4 is 10.6 Å². The van der Waals surface area contributed by atoms with Gasteiger partial charge in [0.1, 0.15) is 0 Å². The average Bonchev–Trinajstić information content (AvgIpc) is 3.03. The van der Waals surface area contributed by atoms with Crippen molar-refractivity contribution in [2.75, 3.05) is 32.7 Å². The monoisotopic (exact) mass is 239 g/mol. The number of amides is 1. The second-order valence-electron chi connectivity index (χ2n) is 5.27. The smallest absolute Gasteiger partial charge is 0.220 e. The van der Waals surface area contributed by atoms with Gasteiger partial charge in [0.15, 0.2) is 0 Å². The van der Waals surface area contributed by atoms with E-state index in [1.54, 1.807) is 0 Å². The maximum Gasteiger partial charge on any atom is 0.220 e. The first-order chi connectivity index (χ1) is 8.29. The quantitative estimate of drug-likeness (QED) is 0.683. The Labute approximate surface area is 104 Å². The number of carbonyl (C=O) groups is 1. The molecule has 0 aromatic rings. The predicted octanol–water partition coefficient (Wildman–Crippen LogP) is 0.587. The Morgan fingerprint density at radius 2 is 2.24 bits per heavy atom. The first-order valence-corrected chi connectivity index (χ1v) is 7.01. The molecular formula is C13H25N3O. The topological polar surface area (TPSA) is 44.4 Å². The molecule has 4 nitrogen and oxygen atoms in total. The zero-order valence-corrected chi connectivity index (χ0v) is 10.9. The van der Waals surface area contributed by atoms with Gasteiger partial charge in [-0.1, -0.05) is 6.92 Å². The van der Waals surface area contributed by atoms with Gasteiger partial charge in [-0.05, 0) is 44.8 Å². The molecule has 0 aromatic carbocycles. The molecule has 17 heavy (non-hydrogen) atoms. The average molecular weight is 239 g/mol. The molecule has 1 saturated heterocycles. The largest absolute Gasteiger partial charge is 0.355 e. The summed E-state index contributed by atoms with van der Waals surface area (Å²) in [6, 6.07) is 0.802. The Balaban J connectivity index is 1.55. The molecule has 2 rings (SSSR count). The summed E-state index contributed by atoms with van der Waals surface area (Å²) in [5.41, 5.74) is 0. The number of carbonyl (C=O) groups excluding carboxylic acids is 1. The molecule has 1 unspecified atom stereocenters. The van der Waals surface area contributed by atoms with E-state index in [1.807, 2.05) is 0 Å². The predicted molar refractivity (Wildman–Crippen MR) is 68.9 cm³/mol. The van der Waals surface area contributed by atoms with Crippen LogP contribution in [0.2, 0.25) is 0 Å². The lowest BCUT2D eigenvalue weighted by Gasteiger charge is -2.20. The Hall–Kier alpha value is -0.610. The Morgan fingerprint density at radius 3 is 2.82 bits per heavy atom. The minimum Gasteiger partial charge on any atom is -0.355 e. The SMILES string of the molecule is CCN(CCNC(=O)CC1CCNC1)C1CC1. The standard InChI is InChI=1S/C13H25N3O/c1-2-16(12-3-4-12)8-7-15-13(17)9-11-5-6-14-10-11/h11-12,14H,2-10H2,1H3,(H,15,17). The van der Waals surface area contributed by atoms with Crippen LogP contribution in [-0.2, 0) is 4.79 Å². The van der Waals surface area contributed by atoms with Crippen LogP contribution in [0.1, 0.15) is 32.6 Å². The molecule has 1 heterocycles. The van der Waals surface area contributed by atoms with Crippen LogP contribution in [0.5, 0.6) is 0 Å². The third-order valence-electron chi connectivity index (χ3n) is 3.83. The first kappa shape index (κ1) is 12.8. The molecule has 0 radical (unpaired) electrons.